The minimum atomic E-state index is -0.381. The van der Waals surface area contributed by atoms with E-state index in [0.717, 1.165) is 0 Å². The third-order valence-corrected chi connectivity index (χ3v) is 2.56. The standard InChI is InChI=1S/C12H11ClN4O2/c1-19-11-3-2-7(5-16-11)17-12(18)8-4-10(13)15-6-9(8)14/h2-6H,14H2,1H3,(H,17,18). The van der Waals surface area contributed by atoms with E-state index in [2.05, 4.69) is 15.3 Å². The summed E-state index contributed by atoms with van der Waals surface area (Å²) in [6.45, 7) is 0. The first-order valence-electron chi connectivity index (χ1n) is 5.32. The second-order valence-corrected chi connectivity index (χ2v) is 4.02. The molecule has 6 nitrogen and oxygen atoms in total. The van der Waals surface area contributed by atoms with Gasteiger partial charge in [0.2, 0.25) is 5.88 Å². The van der Waals surface area contributed by atoms with Crippen LogP contribution in [0.5, 0.6) is 5.88 Å². The molecule has 2 aromatic rings. The molecule has 1 amide bonds. The molecule has 7 heteroatoms. The smallest absolute Gasteiger partial charge is 0.257 e. The van der Waals surface area contributed by atoms with E-state index in [4.69, 9.17) is 22.1 Å². The van der Waals surface area contributed by atoms with Crippen molar-refractivity contribution in [3.8, 4) is 5.88 Å². The maximum atomic E-state index is 12.0. The van der Waals surface area contributed by atoms with Crippen LogP contribution in [0.4, 0.5) is 11.4 Å². The molecular weight excluding hydrogens is 268 g/mol. The van der Waals surface area contributed by atoms with Gasteiger partial charge in [0.15, 0.2) is 0 Å². The van der Waals surface area contributed by atoms with Crippen molar-refractivity contribution in [3.05, 3.63) is 41.3 Å². The van der Waals surface area contributed by atoms with Gasteiger partial charge in [-0.15, -0.1) is 0 Å². The van der Waals surface area contributed by atoms with E-state index in [9.17, 15) is 4.79 Å². The lowest BCUT2D eigenvalue weighted by molar-refractivity contribution is 0.102. The van der Waals surface area contributed by atoms with Crippen LogP contribution in [-0.2, 0) is 0 Å². The molecular formula is C12H11ClN4O2. The molecule has 3 N–H and O–H groups in total. The van der Waals surface area contributed by atoms with Gasteiger partial charge in [-0.1, -0.05) is 11.6 Å². The quantitative estimate of drug-likeness (QED) is 0.838. The predicted octanol–water partition coefficient (Wildman–Crippen LogP) is 1.97. The van der Waals surface area contributed by atoms with Crippen molar-refractivity contribution in [1.29, 1.82) is 0 Å². The fourth-order valence-electron chi connectivity index (χ4n) is 1.41. The molecule has 0 saturated heterocycles. The average Bonchev–Trinajstić information content (AvgIpc) is 2.42. The Labute approximate surface area is 114 Å². The lowest BCUT2D eigenvalue weighted by Gasteiger charge is -2.07. The van der Waals surface area contributed by atoms with Crippen molar-refractivity contribution in [2.24, 2.45) is 0 Å². The minimum absolute atomic E-state index is 0.201. The first-order chi connectivity index (χ1) is 9.10. The third kappa shape index (κ3) is 3.11. The molecule has 0 aliphatic heterocycles. The highest BCUT2D eigenvalue weighted by Crippen LogP contribution is 2.17. The number of amides is 1. The average molecular weight is 279 g/mol. The number of ether oxygens (including phenoxy) is 1. The Morgan fingerprint density at radius 2 is 2.16 bits per heavy atom. The lowest BCUT2D eigenvalue weighted by atomic mass is 10.2. The molecule has 0 aliphatic carbocycles. The first kappa shape index (κ1) is 13.1. The molecule has 0 aromatic carbocycles. The number of hydrogen-bond donors (Lipinski definition) is 2. The Balaban J connectivity index is 2.18. The maximum absolute atomic E-state index is 12.0. The van der Waals surface area contributed by atoms with Crippen LogP contribution >= 0.6 is 11.6 Å². The topological polar surface area (TPSA) is 90.1 Å². The number of carbonyl (C=O) groups is 1. The summed E-state index contributed by atoms with van der Waals surface area (Å²) in [6, 6.07) is 4.71. The molecule has 0 unspecified atom stereocenters. The van der Waals surface area contributed by atoms with Crippen molar-refractivity contribution in [2.75, 3.05) is 18.2 Å². The van der Waals surface area contributed by atoms with E-state index in [1.807, 2.05) is 0 Å². The van der Waals surface area contributed by atoms with E-state index in [0.29, 0.717) is 11.6 Å². The Bertz CT molecular complexity index is 601. The number of pyridine rings is 2. The van der Waals surface area contributed by atoms with E-state index < -0.39 is 0 Å². The van der Waals surface area contributed by atoms with Crippen LogP contribution in [0.25, 0.3) is 0 Å². The monoisotopic (exact) mass is 278 g/mol. The highest BCUT2D eigenvalue weighted by atomic mass is 35.5. The Kier molecular flexibility index (Phi) is 3.82. The zero-order valence-electron chi connectivity index (χ0n) is 10.1. The normalized spacial score (nSPS) is 10.0. The van der Waals surface area contributed by atoms with Crippen LogP contribution in [-0.4, -0.2) is 23.0 Å². The van der Waals surface area contributed by atoms with Crippen molar-refractivity contribution in [2.45, 2.75) is 0 Å². The van der Waals surface area contributed by atoms with Gasteiger partial charge < -0.3 is 15.8 Å². The molecule has 2 heterocycles. The summed E-state index contributed by atoms with van der Waals surface area (Å²) in [5, 5.41) is 2.86. The number of nitrogens with one attached hydrogen (secondary N) is 1. The zero-order valence-corrected chi connectivity index (χ0v) is 10.8. The number of carbonyl (C=O) groups excluding carboxylic acids is 1. The van der Waals surface area contributed by atoms with Crippen LogP contribution in [0.1, 0.15) is 10.4 Å². The van der Waals surface area contributed by atoms with Gasteiger partial charge in [-0.2, -0.15) is 0 Å². The molecule has 98 valence electrons. The van der Waals surface area contributed by atoms with Crippen molar-refractivity contribution < 1.29 is 9.53 Å². The number of methoxy groups -OCH3 is 1. The maximum Gasteiger partial charge on any atom is 0.257 e. The third-order valence-electron chi connectivity index (χ3n) is 2.35. The van der Waals surface area contributed by atoms with Crippen LogP contribution in [0.2, 0.25) is 5.15 Å². The van der Waals surface area contributed by atoms with E-state index in [-0.39, 0.29) is 22.3 Å². The Hall–Kier alpha value is -2.34. The molecule has 0 aliphatic rings. The number of aromatic nitrogens is 2. The van der Waals surface area contributed by atoms with Crippen molar-refractivity contribution in [1.82, 2.24) is 9.97 Å². The molecule has 19 heavy (non-hydrogen) atoms. The number of nitrogens with two attached hydrogens (primary N) is 1. The summed E-state index contributed by atoms with van der Waals surface area (Å²) in [4.78, 5) is 19.8. The first-order valence-corrected chi connectivity index (χ1v) is 5.70. The predicted molar refractivity (Wildman–Crippen MR) is 72.4 cm³/mol. The molecule has 0 saturated carbocycles. The summed E-state index contributed by atoms with van der Waals surface area (Å²) in [6.07, 6.45) is 2.82. The number of hydrogen-bond acceptors (Lipinski definition) is 5. The van der Waals surface area contributed by atoms with Crippen LogP contribution in [0, 0.1) is 0 Å². The van der Waals surface area contributed by atoms with Gasteiger partial charge in [0.05, 0.1) is 36.4 Å². The van der Waals surface area contributed by atoms with Gasteiger partial charge in [0.25, 0.3) is 5.91 Å². The number of anilines is 2. The molecule has 0 atom stereocenters. The van der Waals surface area contributed by atoms with Gasteiger partial charge >= 0.3 is 0 Å². The lowest BCUT2D eigenvalue weighted by Crippen LogP contribution is -2.14. The highest BCUT2D eigenvalue weighted by Gasteiger charge is 2.11. The SMILES string of the molecule is COc1ccc(NC(=O)c2cc(Cl)ncc2N)cn1. The van der Waals surface area contributed by atoms with Crippen molar-refractivity contribution in [3.63, 3.8) is 0 Å². The van der Waals surface area contributed by atoms with Gasteiger partial charge in [-0.25, -0.2) is 9.97 Å². The molecule has 2 rings (SSSR count). The summed E-state index contributed by atoms with van der Waals surface area (Å²) in [5.74, 6) is 0.0817. The molecule has 0 radical (unpaired) electrons. The van der Waals surface area contributed by atoms with E-state index in [1.165, 1.54) is 25.6 Å². The van der Waals surface area contributed by atoms with E-state index in [1.54, 1.807) is 12.1 Å². The van der Waals surface area contributed by atoms with Gasteiger partial charge in [0, 0.05) is 6.07 Å². The number of nitrogen functional groups attached to an aromatic ring is 1. The van der Waals surface area contributed by atoms with Gasteiger partial charge in [-0.3, -0.25) is 4.79 Å². The zero-order chi connectivity index (χ0) is 13.8. The second-order valence-electron chi connectivity index (χ2n) is 3.64. The van der Waals surface area contributed by atoms with E-state index >= 15 is 0 Å². The second kappa shape index (κ2) is 5.53. The molecule has 0 fully saturated rings. The van der Waals surface area contributed by atoms with Crippen LogP contribution in [0.3, 0.4) is 0 Å². The fraction of sp³-hybridized carbons (Fsp3) is 0.0833. The minimum Gasteiger partial charge on any atom is -0.481 e. The van der Waals surface area contributed by atoms with Crippen molar-refractivity contribution >= 4 is 28.9 Å². The van der Waals surface area contributed by atoms with Gasteiger partial charge in [-0.05, 0) is 12.1 Å². The summed E-state index contributed by atoms with van der Waals surface area (Å²) in [7, 11) is 1.51. The molecule has 2 aromatic heterocycles. The fourth-order valence-corrected chi connectivity index (χ4v) is 1.57. The Morgan fingerprint density at radius 3 is 2.79 bits per heavy atom. The molecule has 0 bridgehead atoms. The highest BCUT2D eigenvalue weighted by molar-refractivity contribution is 6.30. The Morgan fingerprint density at radius 1 is 1.37 bits per heavy atom. The number of rotatable bonds is 3. The number of halogens is 1. The summed E-state index contributed by atoms with van der Waals surface area (Å²) >= 11 is 5.73. The summed E-state index contributed by atoms with van der Waals surface area (Å²) < 4.78 is 4.92. The van der Waals surface area contributed by atoms with Crippen LogP contribution in [0.15, 0.2) is 30.6 Å². The number of nitrogens with zero attached hydrogens (tertiary/aromatic N) is 2. The summed E-state index contributed by atoms with van der Waals surface area (Å²) in [5.41, 5.74) is 6.71. The van der Waals surface area contributed by atoms with Crippen LogP contribution < -0.4 is 15.8 Å². The molecule has 0 spiro atoms. The largest absolute Gasteiger partial charge is 0.481 e. The van der Waals surface area contributed by atoms with Gasteiger partial charge in [0.1, 0.15) is 5.15 Å².